The van der Waals surface area contributed by atoms with Crippen LogP contribution in [0.3, 0.4) is 0 Å². The van der Waals surface area contributed by atoms with Gasteiger partial charge in [0.25, 0.3) is 0 Å². The largest absolute Gasteiger partial charge is 0.490 e. The highest BCUT2D eigenvalue weighted by molar-refractivity contribution is 7.20. The maximum atomic E-state index is 13.9. The summed E-state index contributed by atoms with van der Waals surface area (Å²) in [4.78, 5) is 5.51. The van der Waals surface area contributed by atoms with E-state index >= 15 is 0 Å². The van der Waals surface area contributed by atoms with Crippen LogP contribution in [0.25, 0.3) is 4.96 Å². The molecule has 0 amide bonds. The lowest BCUT2D eigenvalue weighted by Crippen LogP contribution is -2.21. The van der Waals surface area contributed by atoms with Crippen molar-refractivity contribution >= 4 is 21.4 Å². The number of imidazole rings is 1. The lowest BCUT2D eigenvalue weighted by Gasteiger charge is -2.26. The number of nitrogens with one attached hydrogen (secondary N) is 1. The summed E-state index contributed by atoms with van der Waals surface area (Å²) in [6.45, 7) is 6.88. The summed E-state index contributed by atoms with van der Waals surface area (Å²) in [5, 5.41) is 8.74. The van der Waals surface area contributed by atoms with Crippen molar-refractivity contribution in [2.75, 3.05) is 11.9 Å². The van der Waals surface area contributed by atoms with Crippen LogP contribution in [-0.4, -0.2) is 21.2 Å². The standard InChI is InChI=1S/C17H19FN4OS/c1-17(2,3)13-9-22-16(20-13)24-15(21-22)19-12-7-8-23-14-10(12)5-4-6-11(14)18/h4-6,9,12H,7-8H2,1-3H3,(H,19,21)/t12-/m0/s1. The fourth-order valence-electron chi connectivity index (χ4n) is 2.81. The Kier molecular flexibility index (Phi) is 3.49. The summed E-state index contributed by atoms with van der Waals surface area (Å²) in [5.74, 6) is 0.0281. The highest BCUT2D eigenvalue weighted by atomic mass is 32.1. The molecule has 126 valence electrons. The van der Waals surface area contributed by atoms with Gasteiger partial charge in [-0.15, -0.1) is 5.10 Å². The van der Waals surface area contributed by atoms with E-state index in [9.17, 15) is 4.39 Å². The van der Waals surface area contributed by atoms with Gasteiger partial charge in [-0.25, -0.2) is 13.9 Å². The number of hydrogen-bond acceptors (Lipinski definition) is 5. The Bertz CT molecular complexity index is 864. The first-order valence-corrected chi connectivity index (χ1v) is 8.78. The van der Waals surface area contributed by atoms with E-state index in [0.29, 0.717) is 12.4 Å². The van der Waals surface area contributed by atoms with E-state index in [0.717, 1.165) is 27.8 Å². The number of nitrogens with zero attached hydrogens (tertiary/aromatic N) is 3. The highest BCUT2D eigenvalue weighted by Crippen LogP contribution is 2.37. The first kappa shape index (κ1) is 15.4. The van der Waals surface area contributed by atoms with Gasteiger partial charge in [-0.05, 0) is 6.07 Å². The maximum absolute atomic E-state index is 13.9. The van der Waals surface area contributed by atoms with Crippen molar-refractivity contribution in [2.45, 2.75) is 38.6 Å². The number of hydrogen-bond donors (Lipinski definition) is 1. The predicted molar refractivity (Wildman–Crippen MR) is 92.4 cm³/mol. The molecule has 1 atom stereocenters. The Labute approximate surface area is 143 Å². The van der Waals surface area contributed by atoms with Crippen molar-refractivity contribution in [1.29, 1.82) is 0 Å². The van der Waals surface area contributed by atoms with Gasteiger partial charge in [0.2, 0.25) is 10.1 Å². The van der Waals surface area contributed by atoms with Crippen LogP contribution in [0.4, 0.5) is 9.52 Å². The molecule has 0 saturated heterocycles. The van der Waals surface area contributed by atoms with Gasteiger partial charge in [0.1, 0.15) is 0 Å². The quantitative estimate of drug-likeness (QED) is 0.757. The van der Waals surface area contributed by atoms with Crippen LogP contribution in [0.5, 0.6) is 5.75 Å². The molecule has 5 nitrogen and oxygen atoms in total. The predicted octanol–water partition coefficient (Wildman–Crippen LogP) is 4.16. The smallest absolute Gasteiger partial charge is 0.214 e. The first-order chi connectivity index (χ1) is 11.4. The Hall–Kier alpha value is -2.15. The number of ether oxygens (including phenoxy) is 1. The third-order valence-corrected chi connectivity index (χ3v) is 4.99. The van der Waals surface area contributed by atoms with Gasteiger partial charge in [-0.2, -0.15) is 0 Å². The third kappa shape index (κ3) is 2.62. The molecule has 0 spiro atoms. The molecule has 0 fully saturated rings. The second-order valence-electron chi connectivity index (χ2n) is 7.00. The van der Waals surface area contributed by atoms with Crippen LogP contribution < -0.4 is 10.1 Å². The number of halogens is 1. The van der Waals surface area contributed by atoms with Gasteiger partial charge >= 0.3 is 0 Å². The Morgan fingerprint density at radius 3 is 2.96 bits per heavy atom. The van der Waals surface area contributed by atoms with Crippen molar-refractivity contribution in [2.24, 2.45) is 0 Å². The molecular formula is C17H19FN4OS. The summed E-state index contributed by atoms with van der Waals surface area (Å²) >= 11 is 1.50. The van der Waals surface area contributed by atoms with Crippen LogP contribution in [-0.2, 0) is 5.41 Å². The molecule has 1 N–H and O–H groups in total. The second-order valence-corrected chi connectivity index (χ2v) is 7.96. The number of fused-ring (bicyclic) bond motifs is 2. The molecule has 0 radical (unpaired) electrons. The summed E-state index contributed by atoms with van der Waals surface area (Å²) < 4.78 is 21.2. The van der Waals surface area contributed by atoms with Crippen LogP contribution >= 0.6 is 11.3 Å². The van der Waals surface area contributed by atoms with Crippen molar-refractivity contribution in [3.8, 4) is 5.75 Å². The molecule has 1 aliphatic heterocycles. The highest BCUT2D eigenvalue weighted by Gasteiger charge is 2.25. The zero-order chi connectivity index (χ0) is 16.9. The third-order valence-electron chi connectivity index (χ3n) is 4.14. The molecule has 0 bridgehead atoms. The Morgan fingerprint density at radius 2 is 2.21 bits per heavy atom. The minimum absolute atomic E-state index is 0.00180. The van der Waals surface area contributed by atoms with Crippen molar-refractivity contribution < 1.29 is 9.13 Å². The van der Waals surface area contributed by atoms with Gasteiger partial charge in [-0.3, -0.25) is 0 Å². The zero-order valence-electron chi connectivity index (χ0n) is 13.8. The average molecular weight is 346 g/mol. The van der Waals surface area contributed by atoms with Crippen LogP contribution in [0, 0.1) is 5.82 Å². The molecule has 1 aliphatic rings. The van der Waals surface area contributed by atoms with Crippen molar-refractivity contribution in [3.05, 3.63) is 41.5 Å². The van der Waals surface area contributed by atoms with Crippen LogP contribution in [0.1, 0.15) is 44.5 Å². The Morgan fingerprint density at radius 1 is 1.38 bits per heavy atom. The van der Waals surface area contributed by atoms with E-state index in [1.807, 2.05) is 12.3 Å². The van der Waals surface area contributed by atoms with Gasteiger partial charge in [-0.1, -0.05) is 44.2 Å². The van der Waals surface area contributed by atoms with Crippen molar-refractivity contribution in [1.82, 2.24) is 14.6 Å². The summed E-state index contributed by atoms with van der Waals surface area (Å²) in [5.41, 5.74) is 1.86. The Balaban J connectivity index is 1.62. The molecule has 24 heavy (non-hydrogen) atoms. The molecule has 2 aromatic heterocycles. The molecule has 3 heterocycles. The number of anilines is 1. The summed E-state index contributed by atoms with van der Waals surface area (Å²) in [7, 11) is 0. The molecule has 0 aliphatic carbocycles. The molecule has 7 heteroatoms. The average Bonchev–Trinajstić information content (AvgIpc) is 3.06. The van der Waals surface area contributed by atoms with Gasteiger partial charge < -0.3 is 10.1 Å². The van der Waals surface area contributed by atoms with E-state index in [-0.39, 0.29) is 17.3 Å². The zero-order valence-corrected chi connectivity index (χ0v) is 14.7. The van der Waals surface area contributed by atoms with E-state index in [1.54, 1.807) is 10.6 Å². The summed E-state index contributed by atoms with van der Waals surface area (Å²) in [6, 6.07) is 5.02. The fraction of sp³-hybridized carbons (Fsp3) is 0.412. The minimum atomic E-state index is -0.317. The SMILES string of the molecule is CC(C)(C)c1cn2nc(N[C@H]3CCOc4c(F)cccc43)sc2n1. The van der Waals surface area contributed by atoms with E-state index in [2.05, 4.69) is 36.2 Å². The van der Waals surface area contributed by atoms with Gasteiger partial charge in [0.05, 0.1) is 24.5 Å². The van der Waals surface area contributed by atoms with E-state index in [1.165, 1.54) is 17.4 Å². The molecular weight excluding hydrogens is 327 g/mol. The maximum Gasteiger partial charge on any atom is 0.214 e. The van der Waals surface area contributed by atoms with Gasteiger partial charge in [0, 0.05) is 17.4 Å². The molecule has 1 aromatic carbocycles. The second kappa shape index (κ2) is 5.44. The number of aromatic nitrogens is 3. The van der Waals surface area contributed by atoms with E-state index < -0.39 is 0 Å². The van der Waals surface area contributed by atoms with Crippen molar-refractivity contribution in [3.63, 3.8) is 0 Å². The monoisotopic (exact) mass is 346 g/mol. The lowest BCUT2D eigenvalue weighted by atomic mass is 9.93. The number of rotatable bonds is 2. The minimum Gasteiger partial charge on any atom is -0.490 e. The molecule has 3 aromatic rings. The normalized spacial score (nSPS) is 17.6. The van der Waals surface area contributed by atoms with Crippen LogP contribution in [0.2, 0.25) is 0 Å². The lowest BCUT2D eigenvalue weighted by molar-refractivity contribution is 0.260. The number of benzene rings is 1. The number of para-hydroxylation sites is 1. The summed E-state index contributed by atoms with van der Waals surface area (Å²) in [6.07, 6.45) is 2.74. The van der Waals surface area contributed by atoms with Gasteiger partial charge in [0.15, 0.2) is 11.6 Å². The molecule has 0 unspecified atom stereocenters. The topological polar surface area (TPSA) is 51.5 Å². The van der Waals surface area contributed by atoms with Crippen LogP contribution in [0.15, 0.2) is 24.4 Å². The fourth-order valence-corrected chi connectivity index (χ4v) is 3.64. The molecule has 0 saturated carbocycles. The van der Waals surface area contributed by atoms with E-state index in [4.69, 9.17) is 4.74 Å². The first-order valence-electron chi connectivity index (χ1n) is 7.96. The molecule has 4 rings (SSSR count).